The van der Waals surface area contributed by atoms with Gasteiger partial charge in [0.05, 0.1) is 6.61 Å². The highest BCUT2D eigenvalue weighted by atomic mass is 79.9. The Morgan fingerprint density at radius 1 is 1.50 bits per heavy atom. The van der Waals surface area contributed by atoms with Crippen LogP contribution in [-0.4, -0.2) is 13.7 Å². The number of methoxy groups -OCH3 is 1. The van der Waals surface area contributed by atoms with Crippen LogP contribution < -0.4 is 5.73 Å². The lowest BCUT2D eigenvalue weighted by Gasteiger charge is -2.13. The van der Waals surface area contributed by atoms with Crippen LogP contribution in [0.15, 0.2) is 16.6 Å². The van der Waals surface area contributed by atoms with Crippen molar-refractivity contribution < 1.29 is 9.13 Å². The molecule has 0 heterocycles. The third-order valence-electron chi connectivity index (χ3n) is 2.62. The van der Waals surface area contributed by atoms with Crippen molar-refractivity contribution in [2.75, 3.05) is 13.7 Å². The summed E-state index contributed by atoms with van der Waals surface area (Å²) in [6.45, 7) is 2.93. The molecule has 0 saturated carbocycles. The molecule has 0 fully saturated rings. The van der Waals surface area contributed by atoms with Gasteiger partial charge in [-0.05, 0) is 36.6 Å². The van der Waals surface area contributed by atoms with Gasteiger partial charge in [0.1, 0.15) is 5.82 Å². The van der Waals surface area contributed by atoms with E-state index in [2.05, 4.69) is 15.9 Å². The van der Waals surface area contributed by atoms with Crippen LogP contribution in [0.2, 0.25) is 0 Å². The van der Waals surface area contributed by atoms with E-state index in [1.165, 1.54) is 0 Å². The quantitative estimate of drug-likeness (QED) is 0.904. The van der Waals surface area contributed by atoms with Gasteiger partial charge in [-0.1, -0.05) is 22.9 Å². The molecule has 0 amide bonds. The molecular weight excluding hydrogens is 273 g/mol. The van der Waals surface area contributed by atoms with Crippen molar-refractivity contribution in [2.45, 2.75) is 25.9 Å². The third kappa shape index (κ3) is 3.27. The van der Waals surface area contributed by atoms with E-state index in [9.17, 15) is 4.39 Å². The normalized spacial score (nSPS) is 12.8. The molecular formula is C12H17BrFNO. The van der Waals surface area contributed by atoms with Gasteiger partial charge in [0, 0.05) is 17.1 Å². The number of ether oxygens (including phenoxy) is 1. The highest BCUT2D eigenvalue weighted by Crippen LogP contribution is 2.28. The van der Waals surface area contributed by atoms with E-state index in [0.717, 1.165) is 16.5 Å². The lowest BCUT2D eigenvalue weighted by molar-refractivity contribution is 0.181. The van der Waals surface area contributed by atoms with E-state index in [1.54, 1.807) is 13.2 Å². The molecule has 0 bridgehead atoms. The molecule has 0 aliphatic rings. The summed E-state index contributed by atoms with van der Waals surface area (Å²) in [5.74, 6) is 0.0440. The number of benzene rings is 1. The van der Waals surface area contributed by atoms with Gasteiger partial charge in [-0.3, -0.25) is 0 Å². The second-order valence-corrected chi connectivity index (χ2v) is 4.73. The number of halogens is 2. The molecule has 2 nitrogen and oxygen atoms in total. The van der Waals surface area contributed by atoms with E-state index < -0.39 is 0 Å². The first kappa shape index (κ1) is 13.6. The van der Waals surface area contributed by atoms with Gasteiger partial charge in [-0.15, -0.1) is 0 Å². The zero-order valence-electron chi connectivity index (χ0n) is 9.59. The van der Waals surface area contributed by atoms with Crippen LogP contribution >= 0.6 is 15.9 Å². The summed E-state index contributed by atoms with van der Waals surface area (Å²) in [5.41, 5.74) is 7.02. The zero-order chi connectivity index (χ0) is 12.1. The topological polar surface area (TPSA) is 35.2 Å². The maximum absolute atomic E-state index is 13.8. The average molecular weight is 290 g/mol. The molecule has 0 saturated heterocycles. The van der Waals surface area contributed by atoms with Gasteiger partial charge in [0.15, 0.2) is 0 Å². The summed E-state index contributed by atoms with van der Waals surface area (Å²) in [5, 5.41) is 0. The maximum atomic E-state index is 13.8. The number of hydrogen-bond donors (Lipinski definition) is 1. The summed E-state index contributed by atoms with van der Waals surface area (Å²) in [7, 11) is 1.55. The Labute approximate surface area is 104 Å². The van der Waals surface area contributed by atoms with E-state index in [4.69, 9.17) is 10.5 Å². The molecule has 4 heteroatoms. The van der Waals surface area contributed by atoms with Crippen LogP contribution in [0.25, 0.3) is 0 Å². The molecule has 1 aromatic carbocycles. The number of nitrogens with two attached hydrogens (primary N) is 1. The molecule has 2 N–H and O–H groups in total. The van der Waals surface area contributed by atoms with Gasteiger partial charge in [-0.2, -0.15) is 0 Å². The molecule has 0 aromatic heterocycles. The molecule has 16 heavy (non-hydrogen) atoms. The van der Waals surface area contributed by atoms with Crippen molar-refractivity contribution in [1.29, 1.82) is 0 Å². The van der Waals surface area contributed by atoms with Gasteiger partial charge < -0.3 is 10.5 Å². The van der Waals surface area contributed by atoms with E-state index in [0.29, 0.717) is 12.1 Å². The summed E-state index contributed by atoms with van der Waals surface area (Å²) >= 11 is 3.37. The molecule has 1 rings (SSSR count). The van der Waals surface area contributed by atoms with Crippen molar-refractivity contribution in [3.8, 4) is 0 Å². The largest absolute Gasteiger partial charge is 0.380 e. The molecule has 0 aliphatic carbocycles. The Balaban J connectivity index is 2.99. The summed E-state index contributed by atoms with van der Waals surface area (Å²) < 4.78 is 19.5. The van der Waals surface area contributed by atoms with Crippen molar-refractivity contribution in [3.63, 3.8) is 0 Å². The Morgan fingerprint density at radius 3 is 2.69 bits per heavy atom. The first-order valence-electron chi connectivity index (χ1n) is 5.27. The zero-order valence-corrected chi connectivity index (χ0v) is 11.2. The van der Waals surface area contributed by atoms with Crippen molar-refractivity contribution >= 4 is 15.9 Å². The predicted molar refractivity (Wildman–Crippen MR) is 66.9 cm³/mol. The lowest BCUT2D eigenvalue weighted by Crippen LogP contribution is -2.06. The standard InChI is InChI=1S/C12H17BrFNO/c1-8(3-4-15)9-5-11(13)10(7-16-2)12(14)6-9/h5-6,8H,3-4,7,15H2,1-2H3. The summed E-state index contributed by atoms with van der Waals surface area (Å²) in [4.78, 5) is 0. The highest BCUT2D eigenvalue weighted by Gasteiger charge is 2.12. The predicted octanol–water partition coefficient (Wildman–Crippen LogP) is 3.19. The fourth-order valence-electron chi connectivity index (χ4n) is 1.61. The fourth-order valence-corrected chi connectivity index (χ4v) is 2.17. The minimum atomic E-state index is -0.227. The molecule has 1 aromatic rings. The Kier molecular flexibility index (Phi) is 5.38. The van der Waals surface area contributed by atoms with Crippen molar-refractivity contribution in [2.24, 2.45) is 5.73 Å². The Bertz CT molecular complexity index is 334. The first-order chi connectivity index (χ1) is 7.60. The second kappa shape index (κ2) is 6.33. The number of rotatable bonds is 5. The number of hydrogen-bond acceptors (Lipinski definition) is 2. The highest BCUT2D eigenvalue weighted by molar-refractivity contribution is 9.10. The minimum Gasteiger partial charge on any atom is -0.380 e. The lowest BCUT2D eigenvalue weighted by atomic mass is 9.96. The molecule has 0 aliphatic heterocycles. The fraction of sp³-hybridized carbons (Fsp3) is 0.500. The molecule has 1 unspecified atom stereocenters. The molecule has 0 spiro atoms. The van der Waals surface area contributed by atoms with Crippen LogP contribution in [-0.2, 0) is 11.3 Å². The van der Waals surface area contributed by atoms with Crippen LogP contribution in [0.5, 0.6) is 0 Å². The monoisotopic (exact) mass is 289 g/mol. The SMILES string of the molecule is COCc1c(F)cc(C(C)CCN)cc1Br. The molecule has 1 atom stereocenters. The smallest absolute Gasteiger partial charge is 0.130 e. The van der Waals surface area contributed by atoms with Gasteiger partial charge >= 0.3 is 0 Å². The molecule has 90 valence electrons. The van der Waals surface area contributed by atoms with Crippen molar-refractivity contribution in [3.05, 3.63) is 33.5 Å². The van der Waals surface area contributed by atoms with Crippen LogP contribution in [0.4, 0.5) is 4.39 Å². The van der Waals surface area contributed by atoms with E-state index in [1.807, 2.05) is 13.0 Å². The van der Waals surface area contributed by atoms with Crippen LogP contribution in [0.3, 0.4) is 0 Å². The maximum Gasteiger partial charge on any atom is 0.130 e. The third-order valence-corrected chi connectivity index (χ3v) is 3.33. The van der Waals surface area contributed by atoms with Crippen LogP contribution in [0, 0.1) is 5.82 Å². The second-order valence-electron chi connectivity index (χ2n) is 3.87. The van der Waals surface area contributed by atoms with E-state index in [-0.39, 0.29) is 18.3 Å². The molecule has 0 radical (unpaired) electrons. The van der Waals surface area contributed by atoms with E-state index >= 15 is 0 Å². The van der Waals surface area contributed by atoms with Gasteiger partial charge in [-0.25, -0.2) is 4.39 Å². The van der Waals surface area contributed by atoms with Gasteiger partial charge in [0.2, 0.25) is 0 Å². The first-order valence-corrected chi connectivity index (χ1v) is 6.06. The summed E-state index contributed by atoms with van der Waals surface area (Å²) in [6, 6.07) is 3.51. The summed E-state index contributed by atoms with van der Waals surface area (Å²) in [6.07, 6.45) is 0.857. The van der Waals surface area contributed by atoms with Crippen LogP contribution in [0.1, 0.15) is 30.4 Å². The minimum absolute atomic E-state index is 0.227. The van der Waals surface area contributed by atoms with Gasteiger partial charge in [0.25, 0.3) is 0 Å². The van der Waals surface area contributed by atoms with Crippen molar-refractivity contribution in [1.82, 2.24) is 0 Å². The Hall–Kier alpha value is -0.450. The average Bonchev–Trinajstić information content (AvgIpc) is 2.23. The Morgan fingerprint density at radius 2 is 2.19 bits per heavy atom.